The minimum Gasteiger partial charge on any atom is -0.381 e. The minimum atomic E-state index is -0.337. The molecule has 5 heteroatoms. The first kappa shape index (κ1) is 30.1. The van der Waals surface area contributed by atoms with Gasteiger partial charge in [0, 0.05) is 40.2 Å². The quantitative estimate of drug-likeness (QED) is 0.171. The maximum atomic E-state index is 5.11. The van der Waals surface area contributed by atoms with Crippen LogP contribution in [0.4, 0.5) is 11.4 Å². The molecule has 0 radical (unpaired) electrons. The van der Waals surface area contributed by atoms with Gasteiger partial charge in [-0.25, -0.2) is 9.98 Å². The lowest BCUT2D eigenvalue weighted by molar-refractivity contribution is 0.756. The number of fused-ring (bicyclic) bond motifs is 6. The van der Waals surface area contributed by atoms with Crippen molar-refractivity contribution in [2.45, 2.75) is 12.2 Å². The Bertz CT molecular complexity index is 2570. The average Bonchev–Trinajstić information content (AvgIpc) is 3.23. The van der Waals surface area contributed by atoms with Crippen molar-refractivity contribution in [3.63, 3.8) is 0 Å². The van der Waals surface area contributed by atoms with Crippen LogP contribution < -0.4 is 16.0 Å². The van der Waals surface area contributed by atoms with Gasteiger partial charge in [0.05, 0.1) is 6.04 Å². The van der Waals surface area contributed by atoms with Gasteiger partial charge in [-0.05, 0) is 56.3 Å². The number of hydrogen-bond donors (Lipinski definition) is 3. The molecular formula is C47H35N5. The fourth-order valence-corrected chi connectivity index (χ4v) is 7.90. The van der Waals surface area contributed by atoms with Gasteiger partial charge in [-0.2, -0.15) is 0 Å². The van der Waals surface area contributed by atoms with E-state index in [1.165, 1.54) is 55.4 Å². The van der Waals surface area contributed by atoms with E-state index in [-0.39, 0.29) is 12.2 Å². The van der Waals surface area contributed by atoms with Gasteiger partial charge >= 0.3 is 0 Å². The number of anilines is 2. The van der Waals surface area contributed by atoms with Crippen molar-refractivity contribution in [2.75, 3.05) is 17.2 Å². The molecular weight excluding hydrogens is 635 g/mol. The third-order valence-corrected chi connectivity index (χ3v) is 10.4. The van der Waals surface area contributed by atoms with E-state index in [1.54, 1.807) is 0 Å². The maximum absolute atomic E-state index is 5.11. The number of nitrogens with zero attached hydrogens (tertiary/aromatic N) is 2. The van der Waals surface area contributed by atoms with Crippen LogP contribution in [0.5, 0.6) is 0 Å². The zero-order chi connectivity index (χ0) is 34.4. The molecule has 3 aliphatic rings. The maximum Gasteiger partial charge on any atom is 0.169 e. The van der Waals surface area contributed by atoms with Gasteiger partial charge in [0.1, 0.15) is 11.7 Å². The Labute approximate surface area is 303 Å². The van der Waals surface area contributed by atoms with E-state index in [0.717, 1.165) is 40.6 Å². The summed E-state index contributed by atoms with van der Waals surface area (Å²) >= 11 is 0. The van der Waals surface area contributed by atoms with Crippen molar-refractivity contribution in [1.29, 1.82) is 0 Å². The Morgan fingerprint density at radius 2 is 1.21 bits per heavy atom. The van der Waals surface area contributed by atoms with Crippen molar-refractivity contribution in [3.8, 4) is 22.3 Å². The lowest BCUT2D eigenvalue weighted by atomic mass is 9.80. The second-order valence-corrected chi connectivity index (χ2v) is 13.5. The molecule has 0 fully saturated rings. The molecule has 248 valence electrons. The van der Waals surface area contributed by atoms with E-state index in [4.69, 9.17) is 9.98 Å². The standard InChI is InChI=1S/C47H35N5/c1-3-13-32(14-4-1)45-50-46(33-15-5-2-6-16-33)52-47(51-45)34-26-24-31(25-27-34)44-40-29-39(37-22-11-17-30-18-12-28-48-43(30)37)35-19-7-8-20-36(35)42(40)38-21-9-10-23-41(38)49-44/h1-27,29,44-45,48-49H,28H2,(H,50,51,52). The smallest absolute Gasteiger partial charge is 0.169 e. The summed E-state index contributed by atoms with van der Waals surface area (Å²) in [5, 5.41) is 13.7. The second-order valence-electron chi connectivity index (χ2n) is 13.5. The highest BCUT2D eigenvalue weighted by Gasteiger charge is 2.29. The Kier molecular flexibility index (Phi) is 7.28. The van der Waals surface area contributed by atoms with Crippen LogP contribution in [0.25, 0.3) is 39.1 Å². The lowest BCUT2D eigenvalue weighted by Gasteiger charge is -2.32. The third kappa shape index (κ3) is 5.17. The van der Waals surface area contributed by atoms with Gasteiger partial charge in [-0.3, -0.25) is 0 Å². The Balaban J connectivity index is 1.09. The number of nitrogens with one attached hydrogen (secondary N) is 3. The number of para-hydroxylation sites is 2. The predicted molar refractivity (Wildman–Crippen MR) is 216 cm³/mol. The number of benzene rings is 7. The number of hydrogen-bond acceptors (Lipinski definition) is 5. The molecule has 2 unspecified atom stereocenters. The normalized spacial score (nSPS) is 17.0. The molecule has 7 aromatic carbocycles. The molecule has 2 atom stereocenters. The summed E-state index contributed by atoms with van der Waals surface area (Å²) in [7, 11) is 0. The molecule has 5 nitrogen and oxygen atoms in total. The summed E-state index contributed by atoms with van der Waals surface area (Å²) in [5.74, 6) is 1.62. The van der Waals surface area contributed by atoms with E-state index >= 15 is 0 Å². The van der Waals surface area contributed by atoms with Gasteiger partial charge < -0.3 is 16.0 Å². The van der Waals surface area contributed by atoms with Gasteiger partial charge in [-0.15, -0.1) is 0 Å². The number of aliphatic imine (C=N–C) groups is 2. The molecule has 0 spiro atoms. The van der Waals surface area contributed by atoms with Crippen molar-refractivity contribution >= 4 is 39.9 Å². The van der Waals surface area contributed by atoms with Crippen LogP contribution in [0, 0.1) is 0 Å². The SMILES string of the molecule is C1=Cc2cccc(-c3cc4c(c5ccccc35)-c3ccccc3NC4c3ccc(C4=NC(c5ccccc5)N=C(c5ccccc5)N4)cc3)c2NC1. The van der Waals surface area contributed by atoms with Gasteiger partial charge in [0.15, 0.2) is 6.17 Å². The zero-order valence-electron chi connectivity index (χ0n) is 28.4. The van der Waals surface area contributed by atoms with Crippen LogP contribution in [0.15, 0.2) is 174 Å². The van der Waals surface area contributed by atoms with Crippen LogP contribution in [-0.4, -0.2) is 18.2 Å². The molecule has 0 saturated carbocycles. The van der Waals surface area contributed by atoms with Crippen LogP contribution >= 0.6 is 0 Å². The summed E-state index contributed by atoms with van der Waals surface area (Å²) in [4.78, 5) is 10.1. The molecule has 0 aromatic heterocycles. The third-order valence-electron chi connectivity index (χ3n) is 10.4. The predicted octanol–water partition coefficient (Wildman–Crippen LogP) is 10.6. The van der Waals surface area contributed by atoms with Crippen molar-refractivity contribution in [1.82, 2.24) is 5.32 Å². The van der Waals surface area contributed by atoms with Crippen molar-refractivity contribution in [3.05, 3.63) is 197 Å². The molecule has 7 aromatic rings. The Morgan fingerprint density at radius 1 is 0.538 bits per heavy atom. The van der Waals surface area contributed by atoms with Gasteiger partial charge in [-0.1, -0.05) is 158 Å². The fourth-order valence-electron chi connectivity index (χ4n) is 7.90. The van der Waals surface area contributed by atoms with Crippen LogP contribution in [0.1, 0.15) is 45.6 Å². The van der Waals surface area contributed by atoms with E-state index in [0.29, 0.717) is 0 Å². The molecule has 3 heterocycles. The van der Waals surface area contributed by atoms with Gasteiger partial charge in [0.2, 0.25) is 0 Å². The van der Waals surface area contributed by atoms with E-state index in [9.17, 15) is 0 Å². The molecule has 0 aliphatic carbocycles. The Hall–Kier alpha value is -6.72. The average molecular weight is 670 g/mol. The van der Waals surface area contributed by atoms with Crippen molar-refractivity contribution < 1.29 is 0 Å². The molecule has 0 amide bonds. The highest BCUT2D eigenvalue weighted by molar-refractivity contribution is 6.16. The first-order chi connectivity index (χ1) is 25.8. The molecule has 0 saturated heterocycles. The largest absolute Gasteiger partial charge is 0.381 e. The molecule has 3 N–H and O–H groups in total. The van der Waals surface area contributed by atoms with Crippen LogP contribution in [0.2, 0.25) is 0 Å². The van der Waals surface area contributed by atoms with Crippen LogP contribution in [0.3, 0.4) is 0 Å². The first-order valence-electron chi connectivity index (χ1n) is 17.9. The highest BCUT2D eigenvalue weighted by Crippen LogP contribution is 2.50. The minimum absolute atomic E-state index is 0.0607. The Morgan fingerprint density at radius 3 is 2.02 bits per heavy atom. The summed E-state index contributed by atoms with van der Waals surface area (Å²) < 4.78 is 0. The molecule has 52 heavy (non-hydrogen) atoms. The molecule has 0 bridgehead atoms. The number of rotatable bonds is 5. The van der Waals surface area contributed by atoms with Crippen molar-refractivity contribution in [2.24, 2.45) is 9.98 Å². The summed E-state index contributed by atoms with van der Waals surface area (Å²) in [6.07, 6.45) is 4.07. The summed E-state index contributed by atoms with van der Waals surface area (Å²) in [6, 6.07) is 56.0. The monoisotopic (exact) mass is 669 g/mol. The van der Waals surface area contributed by atoms with E-state index in [2.05, 4.69) is 149 Å². The summed E-state index contributed by atoms with van der Waals surface area (Å²) in [6.45, 7) is 0.821. The fraction of sp³-hybridized carbons (Fsp3) is 0.0638. The van der Waals surface area contributed by atoms with E-state index in [1.807, 2.05) is 36.4 Å². The molecule has 3 aliphatic heterocycles. The molecule has 10 rings (SSSR count). The zero-order valence-corrected chi connectivity index (χ0v) is 28.4. The van der Waals surface area contributed by atoms with Gasteiger partial charge in [0.25, 0.3) is 0 Å². The van der Waals surface area contributed by atoms with E-state index < -0.39 is 0 Å². The summed E-state index contributed by atoms with van der Waals surface area (Å²) in [5.41, 5.74) is 14.1. The second kappa shape index (κ2) is 12.6. The highest BCUT2D eigenvalue weighted by atomic mass is 15.2. The van der Waals surface area contributed by atoms with Crippen LogP contribution in [-0.2, 0) is 0 Å². The topological polar surface area (TPSA) is 60.8 Å². The first-order valence-corrected chi connectivity index (χ1v) is 17.9. The lowest BCUT2D eigenvalue weighted by Crippen LogP contribution is -2.36. The number of amidine groups is 2.